The number of carbonyl (C=O) groups is 2. The number of allylic oxidation sites excluding steroid dienone is 1. The second kappa shape index (κ2) is 13.7. The average Bonchev–Trinajstić information content (AvgIpc) is 3.43. The van der Waals surface area contributed by atoms with Gasteiger partial charge in [0.15, 0.2) is 6.61 Å². The lowest BCUT2D eigenvalue weighted by atomic mass is 9.92. The summed E-state index contributed by atoms with van der Waals surface area (Å²) < 4.78 is 11.4. The van der Waals surface area contributed by atoms with Crippen LogP contribution in [0.1, 0.15) is 53.1 Å². The molecule has 0 aliphatic heterocycles. The van der Waals surface area contributed by atoms with E-state index >= 15 is 0 Å². The molecule has 8 heteroatoms. The van der Waals surface area contributed by atoms with E-state index in [-0.39, 0.29) is 24.5 Å². The van der Waals surface area contributed by atoms with Crippen LogP contribution in [0.4, 0.5) is 0 Å². The van der Waals surface area contributed by atoms with Gasteiger partial charge in [-0.25, -0.2) is 4.79 Å². The fourth-order valence-electron chi connectivity index (χ4n) is 4.18. The first-order valence-corrected chi connectivity index (χ1v) is 12.8. The highest BCUT2D eigenvalue weighted by atomic mass is 16.5. The molecule has 3 aromatic carbocycles. The zero-order valence-electron chi connectivity index (χ0n) is 21.4. The zero-order valence-corrected chi connectivity index (χ0v) is 21.4. The molecule has 1 unspecified atom stereocenters. The maximum absolute atomic E-state index is 11.2. The Hall–Kier alpha value is -4.72. The van der Waals surface area contributed by atoms with Gasteiger partial charge in [-0.15, -0.1) is 0 Å². The number of aromatic nitrogens is 2. The number of benzene rings is 3. The molecule has 0 saturated heterocycles. The van der Waals surface area contributed by atoms with Crippen molar-refractivity contribution in [3.05, 3.63) is 108 Å². The van der Waals surface area contributed by atoms with Gasteiger partial charge in [0.1, 0.15) is 5.75 Å². The summed E-state index contributed by atoms with van der Waals surface area (Å²) in [6, 6.07) is 24.1. The Labute approximate surface area is 226 Å². The summed E-state index contributed by atoms with van der Waals surface area (Å²) in [6.07, 6.45) is 7.14. The molecule has 4 rings (SSSR count). The van der Waals surface area contributed by atoms with Crippen molar-refractivity contribution in [2.75, 3.05) is 0 Å². The Kier molecular flexibility index (Phi) is 9.61. The van der Waals surface area contributed by atoms with Gasteiger partial charge in [-0.2, -0.15) is 4.98 Å². The van der Waals surface area contributed by atoms with Gasteiger partial charge in [0.2, 0.25) is 5.82 Å². The molecule has 0 aliphatic carbocycles. The van der Waals surface area contributed by atoms with Crippen LogP contribution in [0.2, 0.25) is 0 Å². The van der Waals surface area contributed by atoms with E-state index in [9.17, 15) is 9.59 Å². The average molecular weight is 527 g/mol. The van der Waals surface area contributed by atoms with E-state index in [2.05, 4.69) is 16.2 Å². The van der Waals surface area contributed by atoms with E-state index in [0.717, 1.165) is 29.5 Å². The first kappa shape index (κ1) is 27.3. The predicted molar refractivity (Wildman–Crippen MR) is 146 cm³/mol. The molecular formula is C31H30N2O6. The largest absolute Gasteiger partial charge is 0.483 e. The molecule has 0 radical (unpaired) electrons. The summed E-state index contributed by atoms with van der Waals surface area (Å²) in [5.41, 5.74) is 3.01. The quantitative estimate of drug-likeness (QED) is 0.178. The summed E-state index contributed by atoms with van der Waals surface area (Å²) in [5, 5.41) is 22.2. The Bertz CT molecular complexity index is 1400. The second-order valence-corrected chi connectivity index (χ2v) is 9.17. The standard InChI is InChI=1S/C31H30N2O6/c34-29(35)13-7-4-8-22(20-23-15-18-26(19-16-23)31(36)37)14-17-24-9-5-6-12-27(24)38-21-28-32-30(33-39-28)25-10-2-1-3-11-25/h1-3,5-6,9-12,14-19,22H,4,7-8,13,20-21H2,(H,34,35)(H,36,37). The van der Waals surface area contributed by atoms with E-state index in [1.165, 1.54) is 0 Å². The van der Waals surface area contributed by atoms with E-state index in [1.54, 1.807) is 12.1 Å². The van der Waals surface area contributed by atoms with Crippen LogP contribution in [0.25, 0.3) is 17.5 Å². The molecule has 1 aromatic heterocycles. The number of aromatic carboxylic acids is 1. The van der Waals surface area contributed by atoms with Gasteiger partial charge in [0, 0.05) is 17.5 Å². The molecule has 1 atom stereocenters. The molecular weight excluding hydrogens is 496 g/mol. The van der Waals surface area contributed by atoms with Gasteiger partial charge < -0.3 is 19.5 Å². The van der Waals surface area contributed by atoms with Crippen LogP contribution in [0.5, 0.6) is 5.75 Å². The number of carboxylic acid groups (broad SMARTS) is 2. The number of hydrogen-bond donors (Lipinski definition) is 2. The lowest BCUT2D eigenvalue weighted by Gasteiger charge is -2.14. The van der Waals surface area contributed by atoms with Crippen LogP contribution in [0, 0.1) is 5.92 Å². The lowest BCUT2D eigenvalue weighted by Crippen LogP contribution is -2.04. The van der Waals surface area contributed by atoms with Gasteiger partial charge in [0.25, 0.3) is 5.89 Å². The fourth-order valence-corrected chi connectivity index (χ4v) is 4.18. The van der Waals surface area contributed by atoms with Crippen molar-refractivity contribution in [3.8, 4) is 17.1 Å². The summed E-state index contributed by atoms with van der Waals surface area (Å²) in [7, 11) is 0. The Morgan fingerprint density at radius 2 is 1.67 bits per heavy atom. The molecule has 0 aliphatic rings. The number of ether oxygens (including phenoxy) is 1. The summed E-state index contributed by atoms with van der Waals surface area (Å²) in [5.74, 6) is -0.0801. The summed E-state index contributed by atoms with van der Waals surface area (Å²) in [4.78, 5) is 26.5. The molecule has 1 heterocycles. The minimum Gasteiger partial charge on any atom is -0.483 e. The third-order valence-electron chi connectivity index (χ3n) is 6.23. The van der Waals surface area contributed by atoms with E-state index < -0.39 is 11.9 Å². The Morgan fingerprint density at radius 1 is 0.923 bits per heavy atom. The molecule has 4 aromatic rings. The molecule has 2 N–H and O–H groups in total. The van der Waals surface area contributed by atoms with Crippen LogP contribution in [0.15, 0.2) is 89.5 Å². The van der Waals surface area contributed by atoms with Crippen molar-refractivity contribution in [1.82, 2.24) is 10.1 Å². The number of nitrogens with zero attached hydrogens (tertiary/aromatic N) is 2. The molecule has 39 heavy (non-hydrogen) atoms. The van der Waals surface area contributed by atoms with E-state index in [0.29, 0.717) is 30.3 Å². The van der Waals surface area contributed by atoms with Gasteiger partial charge in [-0.3, -0.25) is 4.79 Å². The maximum Gasteiger partial charge on any atom is 0.335 e. The highest BCUT2D eigenvalue weighted by molar-refractivity contribution is 5.87. The zero-order chi connectivity index (χ0) is 27.5. The van der Waals surface area contributed by atoms with Crippen molar-refractivity contribution >= 4 is 18.0 Å². The number of hydrogen-bond acceptors (Lipinski definition) is 6. The van der Waals surface area contributed by atoms with Crippen molar-refractivity contribution in [1.29, 1.82) is 0 Å². The van der Waals surface area contributed by atoms with Gasteiger partial charge in [0.05, 0.1) is 5.56 Å². The van der Waals surface area contributed by atoms with Crippen LogP contribution in [-0.4, -0.2) is 32.3 Å². The molecule has 0 bridgehead atoms. The topological polar surface area (TPSA) is 123 Å². The number of para-hydroxylation sites is 1. The fraction of sp³-hybridized carbons (Fsp3) is 0.226. The normalized spacial score (nSPS) is 11.9. The summed E-state index contributed by atoms with van der Waals surface area (Å²) in [6.45, 7) is 0.124. The molecule has 200 valence electrons. The highest BCUT2D eigenvalue weighted by Crippen LogP contribution is 2.25. The second-order valence-electron chi connectivity index (χ2n) is 9.17. The van der Waals surface area contributed by atoms with Crippen molar-refractivity contribution in [2.45, 2.75) is 38.7 Å². The predicted octanol–water partition coefficient (Wildman–Crippen LogP) is 6.53. The number of aliphatic carboxylic acids is 1. The molecule has 0 saturated carbocycles. The minimum atomic E-state index is -0.958. The third kappa shape index (κ3) is 8.39. The maximum atomic E-state index is 11.2. The SMILES string of the molecule is O=C(O)CCCCC(C=Cc1ccccc1OCc1nc(-c2ccccc2)no1)Cc1ccc(C(=O)O)cc1. The number of unbranched alkanes of at least 4 members (excludes halogenated alkanes) is 1. The van der Waals surface area contributed by atoms with E-state index in [1.807, 2.05) is 72.8 Å². The molecule has 0 spiro atoms. The van der Waals surface area contributed by atoms with Gasteiger partial charge in [-0.1, -0.05) is 84.4 Å². The van der Waals surface area contributed by atoms with Crippen molar-refractivity contribution in [2.24, 2.45) is 5.92 Å². The monoisotopic (exact) mass is 526 g/mol. The lowest BCUT2D eigenvalue weighted by molar-refractivity contribution is -0.137. The van der Waals surface area contributed by atoms with Crippen molar-refractivity contribution in [3.63, 3.8) is 0 Å². The van der Waals surface area contributed by atoms with Crippen LogP contribution < -0.4 is 4.74 Å². The minimum absolute atomic E-state index is 0.124. The van der Waals surface area contributed by atoms with Gasteiger partial charge >= 0.3 is 11.9 Å². The number of carboxylic acids is 2. The first-order chi connectivity index (χ1) is 19.0. The Balaban J connectivity index is 1.43. The van der Waals surface area contributed by atoms with Crippen LogP contribution in [0.3, 0.4) is 0 Å². The summed E-state index contributed by atoms with van der Waals surface area (Å²) >= 11 is 0. The number of rotatable bonds is 14. The van der Waals surface area contributed by atoms with E-state index in [4.69, 9.17) is 19.5 Å². The highest BCUT2D eigenvalue weighted by Gasteiger charge is 2.12. The third-order valence-corrected chi connectivity index (χ3v) is 6.23. The molecule has 0 fully saturated rings. The molecule has 8 nitrogen and oxygen atoms in total. The first-order valence-electron chi connectivity index (χ1n) is 12.8. The smallest absolute Gasteiger partial charge is 0.335 e. The van der Waals surface area contributed by atoms with Crippen LogP contribution in [-0.2, 0) is 17.8 Å². The van der Waals surface area contributed by atoms with Crippen LogP contribution >= 0.6 is 0 Å². The Morgan fingerprint density at radius 3 is 2.41 bits per heavy atom. The molecule has 0 amide bonds. The van der Waals surface area contributed by atoms with Crippen molar-refractivity contribution < 1.29 is 29.1 Å². The van der Waals surface area contributed by atoms with Gasteiger partial charge in [-0.05, 0) is 48.9 Å².